The molecular formula is C42H32. The molecule has 7 aromatic carbocycles. The maximum absolute atomic E-state index is 4.33. The second kappa shape index (κ2) is 10.7. The average Bonchev–Trinajstić information content (AvgIpc) is 3.06. The number of benzene rings is 7. The summed E-state index contributed by atoms with van der Waals surface area (Å²) in [6, 6.07) is 50.9. The van der Waals surface area contributed by atoms with E-state index in [1.165, 1.54) is 71.3 Å². The molecule has 0 nitrogen and oxygen atoms in total. The van der Waals surface area contributed by atoms with Crippen LogP contribution in [-0.4, -0.2) is 0 Å². The highest BCUT2D eigenvalue weighted by Crippen LogP contribution is 2.44. The molecule has 0 aliphatic carbocycles. The van der Waals surface area contributed by atoms with Crippen LogP contribution in [0.3, 0.4) is 0 Å². The Labute approximate surface area is 247 Å². The smallest absolute Gasteiger partial charge is 0.00262 e. The Balaban J connectivity index is 1.43. The summed E-state index contributed by atoms with van der Waals surface area (Å²) in [6.07, 6.45) is 2.12. The van der Waals surface area contributed by atoms with E-state index in [2.05, 4.69) is 166 Å². The van der Waals surface area contributed by atoms with Gasteiger partial charge in [-0.25, -0.2) is 0 Å². The highest BCUT2D eigenvalue weighted by atomic mass is 14.2. The molecule has 0 amide bonds. The van der Waals surface area contributed by atoms with Crippen LogP contribution < -0.4 is 0 Å². The van der Waals surface area contributed by atoms with Gasteiger partial charge in [-0.05, 0) is 114 Å². The van der Waals surface area contributed by atoms with Crippen LogP contribution in [0.5, 0.6) is 0 Å². The lowest BCUT2D eigenvalue weighted by molar-refractivity contribution is 1.47. The van der Waals surface area contributed by atoms with Crippen LogP contribution in [0.25, 0.3) is 71.3 Å². The van der Waals surface area contributed by atoms with E-state index in [4.69, 9.17) is 0 Å². The number of fused-ring (bicyclic) bond motifs is 3. The first-order valence-electron chi connectivity index (χ1n) is 14.6. The van der Waals surface area contributed by atoms with Gasteiger partial charge in [-0.1, -0.05) is 134 Å². The lowest BCUT2D eigenvalue weighted by Gasteiger charge is -2.18. The zero-order valence-corrected chi connectivity index (χ0v) is 24.1. The first-order chi connectivity index (χ1) is 20.6. The average molecular weight is 537 g/mol. The van der Waals surface area contributed by atoms with Crippen LogP contribution in [0.1, 0.15) is 19.4 Å². The molecule has 0 atom stereocenters. The van der Waals surface area contributed by atoms with Crippen LogP contribution in [0.2, 0.25) is 0 Å². The topological polar surface area (TPSA) is 0 Å². The third kappa shape index (κ3) is 4.42. The Morgan fingerprint density at radius 2 is 0.976 bits per heavy atom. The highest BCUT2D eigenvalue weighted by Gasteiger charge is 2.16. The molecule has 0 aromatic heterocycles. The molecule has 0 bridgehead atoms. The largest absolute Gasteiger partial charge is 0.0909 e. The molecule has 0 spiro atoms. The number of rotatable bonds is 5. The number of hydrogen-bond acceptors (Lipinski definition) is 0. The normalized spacial score (nSPS) is 11.8. The van der Waals surface area contributed by atoms with Gasteiger partial charge in [0.1, 0.15) is 0 Å². The van der Waals surface area contributed by atoms with Crippen molar-refractivity contribution in [3.8, 4) is 33.4 Å². The lowest BCUT2D eigenvalue weighted by Crippen LogP contribution is -1.91. The van der Waals surface area contributed by atoms with Crippen molar-refractivity contribution in [3.05, 3.63) is 163 Å². The second-order valence-corrected chi connectivity index (χ2v) is 11.0. The van der Waals surface area contributed by atoms with E-state index in [0.717, 1.165) is 11.1 Å². The quantitative estimate of drug-likeness (QED) is 0.152. The molecule has 42 heavy (non-hydrogen) atoms. The van der Waals surface area contributed by atoms with Crippen molar-refractivity contribution in [3.63, 3.8) is 0 Å². The fraction of sp³-hybridized carbons (Fsp3) is 0.0476. The van der Waals surface area contributed by atoms with E-state index in [1.54, 1.807) is 0 Å². The van der Waals surface area contributed by atoms with Crippen molar-refractivity contribution < 1.29 is 0 Å². The monoisotopic (exact) mass is 536 g/mol. The van der Waals surface area contributed by atoms with E-state index in [0.29, 0.717) is 0 Å². The fourth-order valence-electron chi connectivity index (χ4n) is 6.23. The molecule has 200 valence electrons. The van der Waals surface area contributed by atoms with Crippen molar-refractivity contribution in [2.45, 2.75) is 13.8 Å². The van der Waals surface area contributed by atoms with E-state index in [9.17, 15) is 0 Å². The van der Waals surface area contributed by atoms with E-state index >= 15 is 0 Å². The first-order valence-corrected chi connectivity index (χ1v) is 14.6. The summed E-state index contributed by atoms with van der Waals surface area (Å²) < 4.78 is 0. The van der Waals surface area contributed by atoms with Gasteiger partial charge in [0.2, 0.25) is 0 Å². The molecule has 7 rings (SSSR count). The van der Waals surface area contributed by atoms with E-state index < -0.39 is 0 Å². The predicted octanol–water partition coefficient (Wildman–Crippen LogP) is 12.1. The van der Waals surface area contributed by atoms with Gasteiger partial charge in [0.05, 0.1) is 0 Å². The molecule has 0 N–H and O–H groups in total. The van der Waals surface area contributed by atoms with Gasteiger partial charge in [-0.3, -0.25) is 0 Å². The van der Waals surface area contributed by atoms with Gasteiger partial charge in [-0.2, -0.15) is 0 Å². The van der Waals surface area contributed by atoms with Gasteiger partial charge < -0.3 is 0 Å². The van der Waals surface area contributed by atoms with E-state index in [-0.39, 0.29) is 0 Å². The van der Waals surface area contributed by atoms with Gasteiger partial charge in [0, 0.05) is 0 Å². The van der Waals surface area contributed by atoms with Crippen LogP contribution in [-0.2, 0) is 0 Å². The summed E-state index contributed by atoms with van der Waals surface area (Å²) in [7, 11) is 0. The van der Waals surface area contributed by atoms with E-state index in [1.807, 2.05) is 0 Å². The minimum absolute atomic E-state index is 1.07. The predicted molar refractivity (Wildman–Crippen MR) is 184 cm³/mol. The third-order valence-corrected chi connectivity index (χ3v) is 8.58. The molecule has 0 aliphatic rings. The second-order valence-electron chi connectivity index (χ2n) is 11.0. The summed E-state index contributed by atoms with van der Waals surface area (Å²) in [5.74, 6) is 0. The van der Waals surface area contributed by atoms with Gasteiger partial charge in [0.15, 0.2) is 0 Å². The zero-order valence-electron chi connectivity index (χ0n) is 24.1. The van der Waals surface area contributed by atoms with Crippen LogP contribution in [0, 0.1) is 0 Å². The molecular weight excluding hydrogens is 504 g/mol. The molecule has 0 fully saturated rings. The number of hydrogen-bond donors (Lipinski definition) is 0. The zero-order chi connectivity index (χ0) is 28.6. The summed E-state index contributed by atoms with van der Waals surface area (Å²) in [4.78, 5) is 0. The summed E-state index contributed by atoms with van der Waals surface area (Å²) in [6.45, 7) is 8.51. The molecule has 0 heterocycles. The maximum Gasteiger partial charge on any atom is -0.00262 e. The minimum atomic E-state index is 1.07. The summed E-state index contributed by atoms with van der Waals surface area (Å²) in [5.41, 5.74) is 10.9. The van der Waals surface area contributed by atoms with Crippen LogP contribution >= 0.6 is 0 Å². The number of allylic oxidation sites excluding steroid dienone is 3. The Hall–Kier alpha value is -5.20. The van der Waals surface area contributed by atoms with Crippen molar-refractivity contribution >= 4 is 37.9 Å². The molecule has 0 radical (unpaired) electrons. The van der Waals surface area contributed by atoms with Crippen molar-refractivity contribution in [2.24, 2.45) is 0 Å². The summed E-state index contributed by atoms with van der Waals surface area (Å²) >= 11 is 0. The van der Waals surface area contributed by atoms with Crippen LogP contribution in [0.15, 0.2) is 158 Å². The molecule has 0 heteroatoms. The molecule has 0 aliphatic heterocycles. The Kier molecular flexibility index (Phi) is 6.53. The third-order valence-electron chi connectivity index (χ3n) is 8.58. The minimum Gasteiger partial charge on any atom is -0.0909 e. The fourth-order valence-corrected chi connectivity index (χ4v) is 6.23. The van der Waals surface area contributed by atoms with Crippen molar-refractivity contribution in [2.75, 3.05) is 0 Å². The Morgan fingerprint density at radius 1 is 0.476 bits per heavy atom. The lowest BCUT2D eigenvalue weighted by atomic mass is 9.85. The van der Waals surface area contributed by atoms with Crippen molar-refractivity contribution in [1.82, 2.24) is 0 Å². The maximum atomic E-state index is 4.33. The van der Waals surface area contributed by atoms with Gasteiger partial charge in [-0.15, -0.1) is 0 Å². The molecule has 0 saturated heterocycles. The standard InChI is InChI=1S/C42H32/c1-4-28(2)29(3)32-15-12-16-33(25-32)34-23-21-30-22-24-35(27-36(30)26-34)42-39-19-10-8-17-37(39)41(31-13-6-5-7-14-31)38-18-9-11-20-40(38)42/h4-27H,3H2,1-2H3/b28-4-. The SMILES string of the molecule is C=C(/C(C)=C\C)c1cccc(-c2ccc3ccc(-c4c5ccccc5c(-c5ccccc5)c5ccccc45)cc3c2)c1. The molecule has 0 saturated carbocycles. The van der Waals surface area contributed by atoms with Gasteiger partial charge in [0.25, 0.3) is 0 Å². The molecule has 7 aromatic rings. The van der Waals surface area contributed by atoms with Crippen LogP contribution in [0.4, 0.5) is 0 Å². The Bertz CT molecular complexity index is 2100. The van der Waals surface area contributed by atoms with Crippen molar-refractivity contribution in [1.29, 1.82) is 0 Å². The first kappa shape index (κ1) is 25.7. The highest BCUT2D eigenvalue weighted by molar-refractivity contribution is 6.21. The van der Waals surface area contributed by atoms with Gasteiger partial charge >= 0.3 is 0 Å². The summed E-state index contributed by atoms with van der Waals surface area (Å²) in [5, 5.41) is 7.58. The molecule has 0 unspecified atom stereocenters. The Morgan fingerprint density at radius 3 is 1.60 bits per heavy atom.